The fraction of sp³-hybridized carbons (Fsp3) is 0.167. The molecule has 3 aromatic rings. The molecule has 1 heterocycles. The molecule has 1 aromatic heterocycles. The minimum absolute atomic E-state index is 0.133. The summed E-state index contributed by atoms with van der Waals surface area (Å²) in [6.45, 7) is 3.72. The molecular formula is C18H17FN4O2. The molecule has 0 aliphatic rings. The van der Waals surface area contributed by atoms with Gasteiger partial charge in [0, 0.05) is 5.56 Å². The largest absolute Gasteiger partial charge is 0.483 e. The van der Waals surface area contributed by atoms with Gasteiger partial charge in [-0.25, -0.2) is 4.39 Å². The molecule has 2 aromatic carbocycles. The zero-order valence-corrected chi connectivity index (χ0v) is 13.8. The number of rotatable bonds is 5. The fourth-order valence-corrected chi connectivity index (χ4v) is 2.22. The molecule has 7 heteroatoms. The van der Waals surface area contributed by atoms with Crippen molar-refractivity contribution >= 4 is 11.9 Å². The van der Waals surface area contributed by atoms with Crippen molar-refractivity contribution in [3.05, 3.63) is 59.4 Å². The summed E-state index contributed by atoms with van der Waals surface area (Å²) in [5.74, 6) is 0.530. The lowest BCUT2D eigenvalue weighted by atomic mass is 10.1. The zero-order chi connectivity index (χ0) is 17.8. The first kappa shape index (κ1) is 16.6. The molecule has 6 nitrogen and oxygen atoms in total. The van der Waals surface area contributed by atoms with Gasteiger partial charge in [0.15, 0.2) is 12.4 Å². The van der Waals surface area contributed by atoms with Crippen LogP contribution in [-0.4, -0.2) is 27.7 Å². The third kappa shape index (κ3) is 4.20. The second-order valence-corrected chi connectivity index (χ2v) is 5.62. The summed E-state index contributed by atoms with van der Waals surface area (Å²) in [4.78, 5) is 16.2. The lowest BCUT2D eigenvalue weighted by Crippen LogP contribution is -2.21. The van der Waals surface area contributed by atoms with Crippen LogP contribution in [0.5, 0.6) is 5.75 Å². The number of amides is 1. The normalized spacial score (nSPS) is 10.5. The number of aromatic amines is 1. The van der Waals surface area contributed by atoms with Gasteiger partial charge in [-0.1, -0.05) is 12.1 Å². The van der Waals surface area contributed by atoms with E-state index in [4.69, 9.17) is 4.74 Å². The Morgan fingerprint density at radius 2 is 1.96 bits per heavy atom. The molecule has 0 aliphatic carbocycles. The van der Waals surface area contributed by atoms with Gasteiger partial charge in [-0.2, -0.15) is 4.98 Å². The van der Waals surface area contributed by atoms with E-state index in [1.165, 1.54) is 12.1 Å². The average Bonchev–Trinajstić information content (AvgIpc) is 3.05. The van der Waals surface area contributed by atoms with Crippen LogP contribution in [0.25, 0.3) is 11.4 Å². The van der Waals surface area contributed by atoms with Crippen LogP contribution in [0.3, 0.4) is 0 Å². The van der Waals surface area contributed by atoms with E-state index >= 15 is 0 Å². The number of hydrogen-bond acceptors (Lipinski definition) is 4. The first-order valence-corrected chi connectivity index (χ1v) is 7.69. The van der Waals surface area contributed by atoms with E-state index in [1.54, 1.807) is 12.1 Å². The van der Waals surface area contributed by atoms with Gasteiger partial charge >= 0.3 is 0 Å². The average molecular weight is 340 g/mol. The van der Waals surface area contributed by atoms with Crippen LogP contribution in [0.4, 0.5) is 10.3 Å². The molecule has 0 bridgehead atoms. The number of nitrogens with zero attached hydrogens (tertiary/aromatic N) is 2. The van der Waals surface area contributed by atoms with Gasteiger partial charge in [0.25, 0.3) is 5.91 Å². The van der Waals surface area contributed by atoms with Gasteiger partial charge in [-0.15, -0.1) is 5.10 Å². The second kappa shape index (κ2) is 7.12. The minimum atomic E-state index is -0.370. The number of carbonyl (C=O) groups is 1. The van der Waals surface area contributed by atoms with Crippen molar-refractivity contribution in [1.82, 2.24) is 15.2 Å². The number of aryl methyl sites for hydroxylation is 2. The Morgan fingerprint density at radius 3 is 2.72 bits per heavy atom. The van der Waals surface area contributed by atoms with E-state index in [0.29, 0.717) is 17.1 Å². The molecule has 0 aliphatic heterocycles. The van der Waals surface area contributed by atoms with E-state index in [0.717, 1.165) is 11.1 Å². The van der Waals surface area contributed by atoms with Gasteiger partial charge in [0.05, 0.1) is 0 Å². The summed E-state index contributed by atoms with van der Waals surface area (Å²) in [5.41, 5.74) is 2.68. The van der Waals surface area contributed by atoms with E-state index in [2.05, 4.69) is 20.5 Å². The molecule has 3 rings (SSSR count). The zero-order valence-electron chi connectivity index (χ0n) is 13.8. The number of hydrogen-bond donors (Lipinski definition) is 2. The highest BCUT2D eigenvalue weighted by Crippen LogP contribution is 2.19. The molecule has 25 heavy (non-hydrogen) atoms. The summed E-state index contributed by atoms with van der Waals surface area (Å²) in [5, 5.41) is 9.18. The summed E-state index contributed by atoms with van der Waals surface area (Å²) < 4.78 is 18.5. The first-order valence-electron chi connectivity index (χ1n) is 7.69. The van der Waals surface area contributed by atoms with Crippen molar-refractivity contribution in [2.75, 3.05) is 11.9 Å². The molecule has 0 saturated heterocycles. The Morgan fingerprint density at radius 1 is 1.20 bits per heavy atom. The lowest BCUT2D eigenvalue weighted by molar-refractivity contribution is -0.118. The maximum absolute atomic E-state index is 12.9. The van der Waals surface area contributed by atoms with Gasteiger partial charge in [0.1, 0.15) is 11.6 Å². The number of H-pyrrole nitrogens is 1. The quantitative estimate of drug-likeness (QED) is 0.747. The maximum Gasteiger partial charge on any atom is 0.264 e. The van der Waals surface area contributed by atoms with Crippen molar-refractivity contribution in [1.29, 1.82) is 0 Å². The highest BCUT2D eigenvalue weighted by molar-refractivity contribution is 5.90. The summed E-state index contributed by atoms with van der Waals surface area (Å²) in [6, 6.07) is 11.6. The van der Waals surface area contributed by atoms with Gasteiger partial charge in [-0.05, 0) is 55.3 Å². The van der Waals surface area contributed by atoms with Gasteiger partial charge in [-0.3, -0.25) is 15.2 Å². The van der Waals surface area contributed by atoms with E-state index in [1.807, 2.05) is 32.0 Å². The van der Waals surface area contributed by atoms with Crippen LogP contribution in [0.1, 0.15) is 11.1 Å². The Kier molecular flexibility index (Phi) is 4.74. The molecular weight excluding hydrogens is 323 g/mol. The molecule has 0 spiro atoms. The van der Waals surface area contributed by atoms with E-state index in [-0.39, 0.29) is 24.3 Å². The fourth-order valence-electron chi connectivity index (χ4n) is 2.22. The van der Waals surface area contributed by atoms with Crippen LogP contribution in [0, 0.1) is 19.7 Å². The van der Waals surface area contributed by atoms with Crippen molar-refractivity contribution < 1.29 is 13.9 Å². The predicted molar refractivity (Wildman–Crippen MR) is 91.8 cm³/mol. The summed E-state index contributed by atoms with van der Waals surface area (Å²) in [7, 11) is 0. The summed E-state index contributed by atoms with van der Waals surface area (Å²) >= 11 is 0. The molecule has 2 N–H and O–H groups in total. The monoisotopic (exact) mass is 340 g/mol. The Bertz CT molecular complexity index is 890. The highest BCUT2D eigenvalue weighted by Gasteiger charge is 2.10. The number of ether oxygens (including phenoxy) is 1. The van der Waals surface area contributed by atoms with E-state index in [9.17, 15) is 9.18 Å². The number of aromatic nitrogens is 3. The second-order valence-electron chi connectivity index (χ2n) is 5.62. The van der Waals surface area contributed by atoms with Crippen LogP contribution >= 0.6 is 0 Å². The Labute approximate surface area is 144 Å². The van der Waals surface area contributed by atoms with Crippen LogP contribution in [0.15, 0.2) is 42.5 Å². The standard InChI is InChI=1S/C18H17FN4O2/c1-11-3-4-12(2)15(9-11)25-10-16(24)20-18-21-17(22-23-18)13-5-7-14(19)8-6-13/h3-9H,10H2,1-2H3,(H2,20,21,22,23,24). The molecule has 0 fully saturated rings. The molecule has 0 saturated carbocycles. The molecule has 0 radical (unpaired) electrons. The topological polar surface area (TPSA) is 79.9 Å². The van der Waals surface area contributed by atoms with Crippen molar-refractivity contribution in [3.63, 3.8) is 0 Å². The minimum Gasteiger partial charge on any atom is -0.483 e. The maximum atomic E-state index is 12.9. The molecule has 0 atom stereocenters. The SMILES string of the molecule is Cc1ccc(C)c(OCC(=O)Nc2n[nH]c(-c3ccc(F)cc3)n2)c1. The number of carbonyl (C=O) groups excluding carboxylic acids is 1. The van der Waals surface area contributed by atoms with Crippen molar-refractivity contribution in [2.24, 2.45) is 0 Å². The third-order valence-electron chi connectivity index (χ3n) is 3.56. The van der Waals surface area contributed by atoms with Crippen LogP contribution < -0.4 is 10.1 Å². The van der Waals surface area contributed by atoms with Crippen LogP contribution in [-0.2, 0) is 4.79 Å². The third-order valence-corrected chi connectivity index (χ3v) is 3.56. The van der Waals surface area contributed by atoms with Gasteiger partial charge < -0.3 is 4.74 Å². The lowest BCUT2D eigenvalue weighted by Gasteiger charge is -2.09. The highest BCUT2D eigenvalue weighted by atomic mass is 19.1. The first-order chi connectivity index (χ1) is 12.0. The summed E-state index contributed by atoms with van der Waals surface area (Å²) in [6.07, 6.45) is 0. The van der Waals surface area contributed by atoms with Gasteiger partial charge in [0.2, 0.25) is 5.95 Å². The molecule has 1 amide bonds. The molecule has 128 valence electrons. The van der Waals surface area contributed by atoms with E-state index < -0.39 is 0 Å². The van der Waals surface area contributed by atoms with Crippen molar-refractivity contribution in [2.45, 2.75) is 13.8 Å². The van der Waals surface area contributed by atoms with Crippen LogP contribution in [0.2, 0.25) is 0 Å². The number of benzene rings is 2. The Hall–Kier alpha value is -3.22. The number of halogens is 1. The molecule has 0 unspecified atom stereocenters. The number of anilines is 1. The Balaban J connectivity index is 1.60. The number of nitrogens with one attached hydrogen (secondary N) is 2. The van der Waals surface area contributed by atoms with Crippen molar-refractivity contribution in [3.8, 4) is 17.1 Å². The smallest absolute Gasteiger partial charge is 0.264 e. The predicted octanol–water partition coefficient (Wildman–Crippen LogP) is 3.25.